The monoisotopic (exact) mass is 505 g/mol. The van der Waals surface area contributed by atoms with Crippen LogP contribution in [0.3, 0.4) is 0 Å². The van der Waals surface area contributed by atoms with Gasteiger partial charge < -0.3 is 19.1 Å². The van der Waals surface area contributed by atoms with E-state index in [0.717, 1.165) is 35.6 Å². The summed E-state index contributed by atoms with van der Waals surface area (Å²) in [4.78, 5) is 22.7. The molecule has 1 amide bonds. The number of thiazole rings is 1. The van der Waals surface area contributed by atoms with Crippen molar-refractivity contribution in [1.82, 2.24) is 9.88 Å². The maximum atomic E-state index is 13.8. The molecule has 7 nitrogen and oxygen atoms in total. The molecule has 0 aliphatic carbocycles. The lowest BCUT2D eigenvalue weighted by atomic mass is 10.1. The second kappa shape index (κ2) is 11.7. The zero-order chi connectivity index (χ0) is 23.4. The average molecular weight is 506 g/mol. The van der Waals surface area contributed by atoms with E-state index >= 15 is 0 Å². The van der Waals surface area contributed by atoms with E-state index in [-0.39, 0.29) is 18.3 Å². The summed E-state index contributed by atoms with van der Waals surface area (Å²) in [5.74, 6) is 1.82. The van der Waals surface area contributed by atoms with E-state index in [1.54, 1.807) is 4.90 Å². The number of halogens is 1. The fourth-order valence-corrected chi connectivity index (χ4v) is 4.94. The fraction of sp³-hybridized carbons (Fsp3) is 0.440. The molecule has 9 heteroatoms. The van der Waals surface area contributed by atoms with Gasteiger partial charge in [0.25, 0.3) is 5.91 Å². The van der Waals surface area contributed by atoms with Crippen molar-refractivity contribution >= 4 is 45.0 Å². The predicted octanol–water partition coefficient (Wildman–Crippen LogP) is 5.02. The summed E-state index contributed by atoms with van der Waals surface area (Å²) < 4.78 is 18.9. The summed E-state index contributed by atoms with van der Waals surface area (Å²) in [6.45, 7) is 11.7. The second-order valence-corrected chi connectivity index (χ2v) is 8.87. The summed E-state index contributed by atoms with van der Waals surface area (Å²) in [7, 11) is 0. The van der Waals surface area contributed by atoms with Crippen LogP contribution in [0.25, 0.3) is 10.2 Å². The number of ether oxygens (including phenoxy) is 3. The number of hydrogen-bond acceptors (Lipinski definition) is 7. The van der Waals surface area contributed by atoms with Crippen LogP contribution in [0.15, 0.2) is 42.5 Å². The highest BCUT2D eigenvalue weighted by atomic mass is 35.5. The van der Waals surface area contributed by atoms with Crippen LogP contribution in [-0.4, -0.2) is 60.8 Å². The van der Waals surface area contributed by atoms with Crippen LogP contribution in [0.2, 0.25) is 0 Å². The Morgan fingerprint density at radius 2 is 1.74 bits per heavy atom. The van der Waals surface area contributed by atoms with Crippen LogP contribution in [0, 0.1) is 0 Å². The molecule has 2 aromatic carbocycles. The Hall–Kier alpha value is -2.55. The fourth-order valence-electron chi connectivity index (χ4n) is 3.92. The maximum Gasteiger partial charge on any atom is 0.273 e. The standard InChI is InChI=1S/C25H31N3O4S.ClH/c1-5-27(6-2)15-16-28(25-26-22-20(30-7-3)13-10-14-21(22)33-25)24(29)23-17(4)31-18-11-8-9-12-19(18)32-23;/h8-14,17,23H,5-7,15-16H2,1-4H3;1H. The third kappa shape index (κ3) is 5.40. The molecule has 1 aromatic heterocycles. The highest BCUT2D eigenvalue weighted by molar-refractivity contribution is 7.22. The van der Waals surface area contributed by atoms with Gasteiger partial charge in [0.15, 0.2) is 16.6 Å². The van der Waals surface area contributed by atoms with Crippen molar-refractivity contribution in [3.63, 3.8) is 0 Å². The zero-order valence-electron chi connectivity index (χ0n) is 20.0. The first-order valence-corrected chi connectivity index (χ1v) is 12.4. The van der Waals surface area contributed by atoms with E-state index < -0.39 is 12.2 Å². The van der Waals surface area contributed by atoms with Gasteiger partial charge in [0.2, 0.25) is 6.10 Å². The third-order valence-electron chi connectivity index (χ3n) is 5.79. The Bertz CT molecular complexity index is 1100. The molecule has 0 fully saturated rings. The molecule has 2 unspecified atom stereocenters. The molecule has 0 saturated carbocycles. The number of carbonyl (C=O) groups is 1. The molecule has 0 N–H and O–H groups in total. The van der Waals surface area contributed by atoms with Crippen molar-refractivity contribution in [1.29, 1.82) is 0 Å². The Balaban J connectivity index is 0.00000324. The molecule has 0 bridgehead atoms. The number of para-hydroxylation sites is 3. The smallest absolute Gasteiger partial charge is 0.273 e. The summed E-state index contributed by atoms with van der Waals surface area (Å²) in [6.07, 6.45) is -1.17. The minimum Gasteiger partial charge on any atom is -0.492 e. The van der Waals surface area contributed by atoms with Crippen molar-refractivity contribution in [2.24, 2.45) is 0 Å². The minimum absolute atomic E-state index is 0. The quantitative estimate of drug-likeness (QED) is 0.407. The molecule has 184 valence electrons. The van der Waals surface area contributed by atoms with E-state index in [0.29, 0.717) is 29.8 Å². The molecular formula is C25H32ClN3O4S. The first kappa shape index (κ1) is 26.1. The largest absolute Gasteiger partial charge is 0.492 e. The van der Waals surface area contributed by atoms with Crippen LogP contribution in [0.5, 0.6) is 17.2 Å². The summed E-state index contributed by atoms with van der Waals surface area (Å²) in [6, 6.07) is 13.3. The Labute approximate surface area is 211 Å². The number of nitrogens with zero attached hydrogens (tertiary/aromatic N) is 3. The second-order valence-electron chi connectivity index (χ2n) is 7.86. The lowest BCUT2D eigenvalue weighted by molar-refractivity contribution is -0.130. The molecule has 2 atom stereocenters. The average Bonchev–Trinajstić information content (AvgIpc) is 3.26. The molecule has 34 heavy (non-hydrogen) atoms. The van der Waals surface area contributed by atoms with Crippen molar-refractivity contribution in [2.45, 2.75) is 39.9 Å². The molecule has 4 rings (SSSR count). The number of hydrogen-bond donors (Lipinski definition) is 0. The van der Waals surface area contributed by atoms with E-state index in [4.69, 9.17) is 19.2 Å². The number of fused-ring (bicyclic) bond motifs is 2. The van der Waals surface area contributed by atoms with E-state index in [1.165, 1.54) is 11.3 Å². The Morgan fingerprint density at radius 3 is 2.41 bits per heavy atom. The number of anilines is 1. The van der Waals surface area contributed by atoms with Gasteiger partial charge in [0, 0.05) is 13.1 Å². The van der Waals surface area contributed by atoms with Gasteiger partial charge in [-0.2, -0.15) is 0 Å². The van der Waals surface area contributed by atoms with Gasteiger partial charge in [-0.15, -0.1) is 12.4 Å². The van der Waals surface area contributed by atoms with Gasteiger partial charge in [-0.1, -0.05) is 43.4 Å². The first-order valence-electron chi connectivity index (χ1n) is 11.5. The minimum atomic E-state index is -0.755. The van der Waals surface area contributed by atoms with Crippen LogP contribution in [-0.2, 0) is 4.79 Å². The van der Waals surface area contributed by atoms with E-state index in [2.05, 4.69) is 18.7 Å². The zero-order valence-corrected chi connectivity index (χ0v) is 21.7. The molecule has 1 aliphatic rings. The van der Waals surface area contributed by atoms with Gasteiger partial charge in [-0.3, -0.25) is 9.69 Å². The van der Waals surface area contributed by atoms with Crippen LogP contribution < -0.4 is 19.1 Å². The van der Waals surface area contributed by atoms with E-state index in [1.807, 2.05) is 56.3 Å². The molecule has 3 aromatic rings. The van der Waals surface area contributed by atoms with Crippen molar-refractivity contribution < 1.29 is 19.0 Å². The van der Waals surface area contributed by atoms with E-state index in [9.17, 15) is 4.79 Å². The van der Waals surface area contributed by atoms with Crippen molar-refractivity contribution in [3.8, 4) is 17.2 Å². The molecule has 2 heterocycles. The van der Waals surface area contributed by atoms with Crippen LogP contribution in [0.1, 0.15) is 27.7 Å². The van der Waals surface area contributed by atoms with Gasteiger partial charge in [-0.25, -0.2) is 4.98 Å². The molecule has 1 aliphatic heterocycles. The Kier molecular flexibility index (Phi) is 8.99. The SMILES string of the molecule is CCOc1cccc2sc(N(CCN(CC)CC)C(=O)C3Oc4ccccc4OC3C)nc12.Cl. The number of carbonyl (C=O) groups excluding carboxylic acids is 1. The lowest BCUT2D eigenvalue weighted by Crippen LogP contribution is -2.52. The number of benzene rings is 2. The van der Waals surface area contributed by atoms with Crippen molar-refractivity contribution in [2.75, 3.05) is 37.7 Å². The summed E-state index contributed by atoms with van der Waals surface area (Å²) in [5, 5.41) is 0.643. The van der Waals surface area contributed by atoms with Gasteiger partial charge in [0.05, 0.1) is 11.3 Å². The highest BCUT2D eigenvalue weighted by Gasteiger charge is 2.38. The van der Waals surface area contributed by atoms with Gasteiger partial charge >= 0.3 is 0 Å². The number of rotatable bonds is 9. The molecule has 0 radical (unpaired) electrons. The normalized spacial score (nSPS) is 16.9. The Morgan fingerprint density at radius 1 is 1.03 bits per heavy atom. The maximum absolute atomic E-state index is 13.8. The topological polar surface area (TPSA) is 64.1 Å². The number of amides is 1. The van der Waals surface area contributed by atoms with Crippen molar-refractivity contribution in [3.05, 3.63) is 42.5 Å². The molecule has 0 saturated heterocycles. The third-order valence-corrected chi connectivity index (χ3v) is 6.83. The lowest BCUT2D eigenvalue weighted by Gasteiger charge is -2.34. The summed E-state index contributed by atoms with van der Waals surface area (Å²) >= 11 is 1.49. The summed E-state index contributed by atoms with van der Waals surface area (Å²) in [5.41, 5.74) is 0.777. The van der Waals surface area contributed by atoms with Gasteiger partial charge in [0.1, 0.15) is 17.4 Å². The molecule has 0 spiro atoms. The number of likely N-dealkylation sites (N-methyl/N-ethyl adjacent to an activating group) is 1. The van der Waals surface area contributed by atoms with Crippen LogP contribution >= 0.6 is 23.7 Å². The first-order chi connectivity index (χ1) is 16.0. The van der Waals surface area contributed by atoms with Gasteiger partial charge in [-0.05, 0) is 51.2 Å². The van der Waals surface area contributed by atoms with Crippen LogP contribution in [0.4, 0.5) is 5.13 Å². The molecular weight excluding hydrogens is 474 g/mol. The highest BCUT2D eigenvalue weighted by Crippen LogP contribution is 2.37. The predicted molar refractivity (Wildman–Crippen MR) is 139 cm³/mol. The number of aromatic nitrogens is 1.